The van der Waals surface area contributed by atoms with Crippen molar-refractivity contribution in [1.29, 1.82) is 0 Å². The SMILES string of the molecule is COc1ccc(C(=O)Nc2ccc(Oc3cccc(C)c3C)nc2)cc1. The first-order valence-corrected chi connectivity index (χ1v) is 8.22. The van der Waals surface area contributed by atoms with Crippen LogP contribution in [0.5, 0.6) is 17.4 Å². The molecule has 0 aliphatic rings. The summed E-state index contributed by atoms with van der Waals surface area (Å²) in [5.74, 6) is 1.74. The number of hydrogen-bond donors (Lipinski definition) is 1. The van der Waals surface area contributed by atoms with Gasteiger partial charge in [-0.2, -0.15) is 0 Å². The van der Waals surface area contributed by atoms with Crippen LogP contribution in [0, 0.1) is 13.8 Å². The van der Waals surface area contributed by atoms with Crippen molar-refractivity contribution >= 4 is 11.6 Å². The van der Waals surface area contributed by atoms with E-state index in [0.717, 1.165) is 16.9 Å². The van der Waals surface area contributed by atoms with Crippen molar-refractivity contribution in [3.05, 3.63) is 77.5 Å². The molecule has 0 saturated heterocycles. The highest BCUT2D eigenvalue weighted by Crippen LogP contribution is 2.26. The number of rotatable bonds is 5. The summed E-state index contributed by atoms with van der Waals surface area (Å²) in [5, 5.41) is 2.81. The number of pyridine rings is 1. The van der Waals surface area contributed by atoms with Crippen molar-refractivity contribution < 1.29 is 14.3 Å². The monoisotopic (exact) mass is 348 g/mol. The van der Waals surface area contributed by atoms with Crippen molar-refractivity contribution in [2.24, 2.45) is 0 Å². The molecule has 0 fully saturated rings. The van der Waals surface area contributed by atoms with E-state index in [2.05, 4.69) is 10.3 Å². The van der Waals surface area contributed by atoms with Crippen LogP contribution in [0.1, 0.15) is 21.5 Å². The average Bonchev–Trinajstić information content (AvgIpc) is 2.67. The molecule has 26 heavy (non-hydrogen) atoms. The summed E-state index contributed by atoms with van der Waals surface area (Å²) in [7, 11) is 1.59. The molecule has 0 spiro atoms. The molecule has 1 N–H and O–H groups in total. The van der Waals surface area contributed by atoms with Crippen LogP contribution in [0.3, 0.4) is 0 Å². The first-order valence-electron chi connectivity index (χ1n) is 8.22. The number of nitrogens with one attached hydrogen (secondary N) is 1. The van der Waals surface area contributed by atoms with Crippen molar-refractivity contribution in [2.45, 2.75) is 13.8 Å². The number of benzene rings is 2. The van der Waals surface area contributed by atoms with E-state index >= 15 is 0 Å². The molecule has 3 rings (SSSR count). The van der Waals surface area contributed by atoms with Gasteiger partial charge in [-0.15, -0.1) is 0 Å². The molecule has 0 unspecified atom stereocenters. The second-order valence-corrected chi connectivity index (χ2v) is 5.87. The van der Waals surface area contributed by atoms with Crippen LogP contribution in [0.4, 0.5) is 5.69 Å². The van der Waals surface area contributed by atoms with E-state index in [-0.39, 0.29) is 5.91 Å². The van der Waals surface area contributed by atoms with E-state index in [1.54, 1.807) is 49.7 Å². The Bertz CT molecular complexity index is 904. The Kier molecular flexibility index (Phi) is 5.17. The summed E-state index contributed by atoms with van der Waals surface area (Å²) < 4.78 is 10.9. The molecule has 0 saturated carbocycles. The van der Waals surface area contributed by atoms with Gasteiger partial charge in [0, 0.05) is 11.6 Å². The van der Waals surface area contributed by atoms with Crippen molar-refractivity contribution in [2.75, 3.05) is 12.4 Å². The van der Waals surface area contributed by atoms with E-state index in [1.165, 1.54) is 0 Å². The van der Waals surface area contributed by atoms with Gasteiger partial charge in [-0.25, -0.2) is 4.98 Å². The van der Waals surface area contributed by atoms with Crippen LogP contribution in [0.2, 0.25) is 0 Å². The predicted octanol–water partition coefficient (Wildman–Crippen LogP) is 4.75. The molecule has 1 amide bonds. The van der Waals surface area contributed by atoms with Crippen molar-refractivity contribution in [3.8, 4) is 17.4 Å². The number of carbonyl (C=O) groups excluding carboxylic acids is 1. The fourth-order valence-corrected chi connectivity index (χ4v) is 2.41. The van der Waals surface area contributed by atoms with Crippen LogP contribution in [-0.4, -0.2) is 18.0 Å². The largest absolute Gasteiger partial charge is 0.497 e. The highest BCUT2D eigenvalue weighted by atomic mass is 16.5. The smallest absolute Gasteiger partial charge is 0.255 e. The lowest BCUT2D eigenvalue weighted by molar-refractivity contribution is 0.102. The van der Waals surface area contributed by atoms with Gasteiger partial charge in [0.2, 0.25) is 5.88 Å². The topological polar surface area (TPSA) is 60.5 Å². The van der Waals surface area contributed by atoms with E-state index in [9.17, 15) is 4.79 Å². The fourth-order valence-electron chi connectivity index (χ4n) is 2.41. The van der Waals surface area contributed by atoms with Crippen LogP contribution in [0.25, 0.3) is 0 Å². The van der Waals surface area contributed by atoms with Gasteiger partial charge in [0.1, 0.15) is 11.5 Å². The summed E-state index contributed by atoms with van der Waals surface area (Å²) in [6.07, 6.45) is 1.57. The molecule has 1 aromatic heterocycles. The number of amides is 1. The lowest BCUT2D eigenvalue weighted by atomic mass is 10.1. The van der Waals surface area contributed by atoms with E-state index in [4.69, 9.17) is 9.47 Å². The van der Waals surface area contributed by atoms with Gasteiger partial charge in [-0.1, -0.05) is 12.1 Å². The summed E-state index contributed by atoms with van der Waals surface area (Å²) in [5.41, 5.74) is 3.37. The summed E-state index contributed by atoms with van der Waals surface area (Å²) in [6.45, 7) is 4.04. The molecule has 0 aliphatic carbocycles. The lowest BCUT2D eigenvalue weighted by Crippen LogP contribution is -2.11. The van der Waals surface area contributed by atoms with Crippen LogP contribution in [0.15, 0.2) is 60.8 Å². The van der Waals surface area contributed by atoms with Gasteiger partial charge in [-0.05, 0) is 61.4 Å². The van der Waals surface area contributed by atoms with Crippen LogP contribution >= 0.6 is 0 Å². The molecule has 0 radical (unpaired) electrons. The standard InChI is InChI=1S/C21H20N2O3/c1-14-5-4-6-19(15(14)2)26-20-12-9-17(13-22-20)23-21(24)16-7-10-18(25-3)11-8-16/h4-13H,1-3H3,(H,23,24). The third-order valence-electron chi connectivity index (χ3n) is 4.12. The number of aryl methyl sites for hydroxylation is 1. The maximum absolute atomic E-state index is 12.3. The zero-order chi connectivity index (χ0) is 18.5. The van der Waals surface area contributed by atoms with E-state index in [0.29, 0.717) is 22.9 Å². The molecule has 132 valence electrons. The van der Waals surface area contributed by atoms with Gasteiger partial charge in [-0.3, -0.25) is 4.79 Å². The third kappa shape index (κ3) is 4.00. The van der Waals surface area contributed by atoms with E-state index in [1.807, 2.05) is 32.0 Å². The molecular formula is C21H20N2O3. The van der Waals surface area contributed by atoms with Crippen LogP contribution < -0.4 is 14.8 Å². The second-order valence-electron chi connectivity index (χ2n) is 5.87. The number of methoxy groups -OCH3 is 1. The Labute approximate surface area is 152 Å². The van der Waals surface area contributed by atoms with Crippen molar-refractivity contribution in [3.63, 3.8) is 0 Å². The second kappa shape index (κ2) is 7.70. The Morgan fingerprint density at radius 3 is 2.42 bits per heavy atom. The Hall–Kier alpha value is -3.34. The van der Waals surface area contributed by atoms with Gasteiger partial charge in [0.05, 0.1) is 19.0 Å². The predicted molar refractivity (Wildman–Crippen MR) is 101 cm³/mol. The average molecular weight is 348 g/mol. The molecular weight excluding hydrogens is 328 g/mol. The first kappa shape index (κ1) is 17.5. The molecule has 5 nitrogen and oxygen atoms in total. The number of hydrogen-bond acceptors (Lipinski definition) is 4. The van der Waals surface area contributed by atoms with Crippen LogP contribution in [-0.2, 0) is 0 Å². The molecule has 0 atom stereocenters. The summed E-state index contributed by atoms with van der Waals surface area (Å²) in [4.78, 5) is 16.5. The maximum atomic E-state index is 12.3. The zero-order valence-corrected chi connectivity index (χ0v) is 14.9. The minimum Gasteiger partial charge on any atom is -0.497 e. The van der Waals surface area contributed by atoms with Gasteiger partial charge < -0.3 is 14.8 Å². The minimum atomic E-state index is -0.211. The lowest BCUT2D eigenvalue weighted by Gasteiger charge is -2.10. The third-order valence-corrected chi connectivity index (χ3v) is 4.12. The molecule has 1 heterocycles. The molecule has 0 bridgehead atoms. The van der Waals surface area contributed by atoms with E-state index < -0.39 is 0 Å². The normalized spacial score (nSPS) is 10.3. The highest BCUT2D eigenvalue weighted by molar-refractivity contribution is 6.04. The number of aromatic nitrogens is 1. The summed E-state index contributed by atoms with van der Waals surface area (Å²) >= 11 is 0. The zero-order valence-electron chi connectivity index (χ0n) is 14.9. The van der Waals surface area contributed by atoms with Gasteiger partial charge in [0.15, 0.2) is 0 Å². The fraction of sp³-hybridized carbons (Fsp3) is 0.143. The highest BCUT2D eigenvalue weighted by Gasteiger charge is 2.08. The number of nitrogens with zero attached hydrogens (tertiary/aromatic N) is 1. The molecule has 5 heteroatoms. The molecule has 0 aliphatic heterocycles. The summed E-state index contributed by atoms with van der Waals surface area (Å²) in [6, 6.07) is 16.3. The molecule has 3 aromatic rings. The number of ether oxygens (including phenoxy) is 2. The Balaban J connectivity index is 1.67. The van der Waals surface area contributed by atoms with Gasteiger partial charge >= 0.3 is 0 Å². The Morgan fingerprint density at radius 2 is 1.77 bits per heavy atom. The van der Waals surface area contributed by atoms with Crippen molar-refractivity contribution in [1.82, 2.24) is 4.98 Å². The number of carbonyl (C=O) groups is 1. The molecule has 2 aromatic carbocycles. The van der Waals surface area contributed by atoms with Gasteiger partial charge in [0.25, 0.3) is 5.91 Å². The minimum absolute atomic E-state index is 0.211. The quantitative estimate of drug-likeness (QED) is 0.723. The first-order chi connectivity index (χ1) is 12.6. The number of anilines is 1. The Morgan fingerprint density at radius 1 is 1.00 bits per heavy atom. The maximum Gasteiger partial charge on any atom is 0.255 e.